The molecule has 0 aliphatic carbocycles. The van der Waals surface area contributed by atoms with Gasteiger partial charge in [-0.1, -0.05) is 81.4 Å². The van der Waals surface area contributed by atoms with E-state index >= 15 is 0 Å². The van der Waals surface area contributed by atoms with E-state index in [4.69, 9.17) is 4.43 Å². The molecule has 3 heteroatoms. The third kappa shape index (κ3) is 3.17. The Labute approximate surface area is 134 Å². The zero-order valence-electron chi connectivity index (χ0n) is 13.9. The number of hydrogen-bond donors (Lipinski definition) is 1. The molecule has 1 unspecified atom stereocenters. The lowest BCUT2D eigenvalue weighted by molar-refractivity contribution is 0.121. The number of rotatable bonds is 5. The van der Waals surface area contributed by atoms with Gasteiger partial charge >= 0.3 is 0 Å². The Morgan fingerprint density at radius 2 is 1.32 bits per heavy atom. The molecule has 0 saturated heterocycles. The second kappa shape index (κ2) is 6.78. The highest BCUT2D eigenvalue weighted by molar-refractivity contribution is 6.99. The lowest BCUT2D eigenvalue weighted by Gasteiger charge is -2.44. The molecular weight excluding hydrogens is 288 g/mol. The summed E-state index contributed by atoms with van der Waals surface area (Å²) in [6.45, 7) is 8.69. The maximum absolute atomic E-state index is 9.55. The molecule has 22 heavy (non-hydrogen) atoms. The van der Waals surface area contributed by atoms with Gasteiger partial charge in [0.1, 0.15) is 0 Å². The molecule has 0 aliphatic rings. The predicted octanol–water partition coefficient (Wildman–Crippen LogP) is 2.94. The highest BCUT2D eigenvalue weighted by Crippen LogP contribution is 2.37. The summed E-state index contributed by atoms with van der Waals surface area (Å²) in [6.07, 6.45) is -0.189. The fourth-order valence-electron chi connectivity index (χ4n) is 3.03. The Kier molecular flexibility index (Phi) is 5.22. The van der Waals surface area contributed by atoms with Crippen LogP contribution in [0.3, 0.4) is 0 Å². The van der Waals surface area contributed by atoms with Crippen LogP contribution in [0.1, 0.15) is 27.7 Å². The van der Waals surface area contributed by atoms with E-state index < -0.39 is 8.32 Å². The summed E-state index contributed by atoms with van der Waals surface area (Å²) in [6, 6.07) is 21.0. The van der Waals surface area contributed by atoms with E-state index in [2.05, 4.69) is 69.3 Å². The quantitative estimate of drug-likeness (QED) is 0.860. The second-order valence-corrected chi connectivity index (χ2v) is 11.0. The van der Waals surface area contributed by atoms with Crippen molar-refractivity contribution in [1.29, 1.82) is 0 Å². The third-order valence-corrected chi connectivity index (χ3v) is 9.21. The van der Waals surface area contributed by atoms with Gasteiger partial charge in [-0.25, -0.2) is 0 Å². The van der Waals surface area contributed by atoms with Gasteiger partial charge in [0.2, 0.25) is 0 Å². The summed E-state index contributed by atoms with van der Waals surface area (Å²) in [5.74, 6) is 0. The average molecular weight is 315 g/mol. The minimum atomic E-state index is -2.49. The summed E-state index contributed by atoms with van der Waals surface area (Å²) in [5.41, 5.74) is 0. The molecule has 0 radical (unpaired) electrons. The van der Waals surface area contributed by atoms with Crippen molar-refractivity contribution in [2.45, 2.75) is 38.8 Å². The van der Waals surface area contributed by atoms with Gasteiger partial charge in [0.25, 0.3) is 8.32 Å². The van der Waals surface area contributed by atoms with Crippen LogP contribution in [0, 0.1) is 0 Å². The SMILES string of the molecule is CC(CO)O[Si](c1ccccc1)(c1ccccc1)C(C)(C)C. The molecule has 2 nitrogen and oxygen atoms in total. The van der Waals surface area contributed by atoms with E-state index in [1.54, 1.807) is 0 Å². The minimum Gasteiger partial charge on any atom is -0.402 e. The van der Waals surface area contributed by atoms with Gasteiger partial charge in [0.05, 0.1) is 12.7 Å². The van der Waals surface area contributed by atoms with E-state index in [0.29, 0.717) is 0 Å². The first kappa shape index (κ1) is 16.9. The van der Waals surface area contributed by atoms with Crippen molar-refractivity contribution in [2.75, 3.05) is 6.61 Å². The molecule has 118 valence electrons. The van der Waals surface area contributed by atoms with Crippen LogP contribution in [0.2, 0.25) is 5.04 Å². The highest BCUT2D eigenvalue weighted by Gasteiger charge is 2.50. The number of hydrogen-bond acceptors (Lipinski definition) is 2. The van der Waals surface area contributed by atoms with Crippen molar-refractivity contribution in [1.82, 2.24) is 0 Å². The van der Waals surface area contributed by atoms with Gasteiger partial charge in [-0.3, -0.25) is 0 Å². The lowest BCUT2D eigenvalue weighted by Crippen LogP contribution is -2.67. The van der Waals surface area contributed by atoms with E-state index in [1.165, 1.54) is 10.4 Å². The van der Waals surface area contributed by atoms with Gasteiger partial charge in [-0.15, -0.1) is 0 Å². The normalized spacial score (nSPS) is 13.9. The molecule has 2 aromatic rings. The summed E-state index contributed by atoms with van der Waals surface area (Å²) in [4.78, 5) is 0. The number of benzene rings is 2. The van der Waals surface area contributed by atoms with Crippen LogP contribution in [0.15, 0.2) is 60.7 Å². The average Bonchev–Trinajstić information content (AvgIpc) is 2.52. The largest absolute Gasteiger partial charge is 0.402 e. The first-order valence-electron chi connectivity index (χ1n) is 7.81. The number of aliphatic hydroxyl groups is 1. The topological polar surface area (TPSA) is 29.5 Å². The Morgan fingerprint density at radius 3 is 1.64 bits per heavy atom. The van der Waals surface area contributed by atoms with Crippen LogP contribution in [-0.2, 0) is 4.43 Å². The molecule has 1 N–H and O–H groups in total. The van der Waals surface area contributed by atoms with Gasteiger partial charge in [-0.05, 0) is 22.3 Å². The zero-order valence-corrected chi connectivity index (χ0v) is 14.9. The Balaban J connectivity index is 2.70. The monoisotopic (exact) mass is 314 g/mol. The van der Waals surface area contributed by atoms with Crippen molar-refractivity contribution in [2.24, 2.45) is 0 Å². The van der Waals surface area contributed by atoms with Crippen molar-refractivity contribution < 1.29 is 9.53 Å². The predicted molar refractivity (Wildman–Crippen MR) is 95.3 cm³/mol. The maximum Gasteiger partial charge on any atom is 0.261 e. The molecule has 0 spiro atoms. The van der Waals surface area contributed by atoms with Crippen LogP contribution in [0.25, 0.3) is 0 Å². The van der Waals surface area contributed by atoms with Crippen LogP contribution in [-0.4, -0.2) is 26.1 Å². The Hall–Kier alpha value is -1.42. The summed E-state index contributed by atoms with van der Waals surface area (Å²) in [5, 5.41) is 12.0. The zero-order chi connectivity index (χ0) is 16.2. The van der Waals surface area contributed by atoms with E-state index in [9.17, 15) is 5.11 Å². The summed E-state index contributed by atoms with van der Waals surface area (Å²) in [7, 11) is -2.49. The Bertz CT molecular complexity index is 536. The van der Waals surface area contributed by atoms with Crippen molar-refractivity contribution in [3.8, 4) is 0 Å². The van der Waals surface area contributed by atoms with Crippen LogP contribution >= 0.6 is 0 Å². The summed E-state index contributed by atoms with van der Waals surface area (Å²) < 4.78 is 6.61. The van der Waals surface area contributed by atoms with Gasteiger partial charge < -0.3 is 9.53 Å². The Morgan fingerprint density at radius 1 is 0.909 bits per heavy atom. The minimum absolute atomic E-state index is 0.0322. The summed E-state index contributed by atoms with van der Waals surface area (Å²) >= 11 is 0. The second-order valence-electron chi connectivity index (χ2n) is 6.77. The molecule has 2 rings (SSSR count). The van der Waals surface area contributed by atoms with E-state index in [1.807, 2.05) is 19.1 Å². The fraction of sp³-hybridized carbons (Fsp3) is 0.368. The molecule has 0 heterocycles. The van der Waals surface area contributed by atoms with Gasteiger partial charge in [0, 0.05) is 0 Å². The molecule has 0 fully saturated rings. The highest BCUT2D eigenvalue weighted by atomic mass is 28.4. The third-order valence-electron chi connectivity index (χ3n) is 4.05. The van der Waals surface area contributed by atoms with Crippen molar-refractivity contribution >= 4 is 18.7 Å². The number of aliphatic hydroxyl groups excluding tert-OH is 1. The van der Waals surface area contributed by atoms with Crippen LogP contribution in [0.4, 0.5) is 0 Å². The molecular formula is C19H26O2Si. The first-order chi connectivity index (χ1) is 10.4. The van der Waals surface area contributed by atoms with E-state index in [0.717, 1.165) is 0 Å². The lowest BCUT2D eigenvalue weighted by atomic mass is 10.2. The van der Waals surface area contributed by atoms with Crippen LogP contribution in [0.5, 0.6) is 0 Å². The molecule has 0 aromatic heterocycles. The molecule has 0 amide bonds. The van der Waals surface area contributed by atoms with Crippen LogP contribution < -0.4 is 10.4 Å². The molecule has 2 aromatic carbocycles. The van der Waals surface area contributed by atoms with Crippen molar-refractivity contribution in [3.63, 3.8) is 0 Å². The first-order valence-corrected chi connectivity index (χ1v) is 9.72. The molecule has 1 atom stereocenters. The maximum atomic E-state index is 9.55. The molecule has 0 bridgehead atoms. The van der Waals surface area contributed by atoms with E-state index in [-0.39, 0.29) is 17.7 Å². The van der Waals surface area contributed by atoms with Gasteiger partial charge in [0.15, 0.2) is 0 Å². The standard InChI is InChI=1S/C19H26O2Si/c1-16(15-20)21-22(19(2,3)4,17-11-7-5-8-12-17)18-13-9-6-10-14-18/h5-14,16,20H,15H2,1-4H3. The molecule has 0 saturated carbocycles. The smallest absolute Gasteiger partial charge is 0.261 e. The van der Waals surface area contributed by atoms with Gasteiger partial charge in [-0.2, -0.15) is 0 Å². The fourth-order valence-corrected chi connectivity index (χ4v) is 7.72. The molecule has 0 aliphatic heterocycles. The van der Waals surface area contributed by atoms with Crippen molar-refractivity contribution in [3.05, 3.63) is 60.7 Å².